The quantitative estimate of drug-likeness (QED) is 0.815. The van der Waals surface area contributed by atoms with Crippen LogP contribution in [0.25, 0.3) is 10.7 Å². The Morgan fingerprint density at radius 3 is 3.20 bits per heavy atom. The van der Waals surface area contributed by atoms with Crippen LogP contribution >= 0.6 is 22.9 Å². The normalized spacial score (nSPS) is 17.0. The lowest BCUT2D eigenvalue weighted by atomic mass is 10.1. The maximum Gasteiger partial charge on any atom is 0.315 e. The Bertz CT molecular complexity index is 656. The fourth-order valence-electron chi connectivity index (χ4n) is 2.34. The van der Waals surface area contributed by atoms with Crippen LogP contribution < -0.4 is 0 Å². The van der Waals surface area contributed by atoms with Crippen LogP contribution in [0.1, 0.15) is 29.8 Å². The number of carbonyl (C=O) groups excluding carboxylic acids is 1. The average Bonchev–Trinajstić information content (AvgIpc) is 2.99. The average molecular weight is 309 g/mol. The number of thiazole rings is 1. The van der Waals surface area contributed by atoms with Crippen molar-refractivity contribution in [1.29, 1.82) is 0 Å². The van der Waals surface area contributed by atoms with Gasteiger partial charge in [0.1, 0.15) is 16.6 Å². The molecule has 0 radical (unpaired) electrons. The summed E-state index contributed by atoms with van der Waals surface area (Å²) in [7, 11) is 0. The van der Waals surface area contributed by atoms with E-state index in [4.69, 9.17) is 16.3 Å². The van der Waals surface area contributed by atoms with E-state index in [2.05, 4.69) is 9.97 Å². The number of carbonyl (C=O) groups is 1. The Kier molecular flexibility index (Phi) is 3.72. The minimum atomic E-state index is -0.238. The highest BCUT2D eigenvalue weighted by Crippen LogP contribution is 2.41. The first-order valence-corrected chi connectivity index (χ1v) is 7.67. The molecule has 2 aromatic rings. The lowest BCUT2D eigenvalue weighted by Gasteiger charge is -2.07. The van der Waals surface area contributed by atoms with Gasteiger partial charge in [0.2, 0.25) is 0 Å². The van der Waals surface area contributed by atoms with E-state index in [-0.39, 0.29) is 11.9 Å². The highest BCUT2D eigenvalue weighted by molar-refractivity contribution is 7.15. The van der Waals surface area contributed by atoms with Gasteiger partial charge in [-0.1, -0.05) is 11.6 Å². The summed E-state index contributed by atoms with van der Waals surface area (Å²) in [4.78, 5) is 21.9. The first kappa shape index (κ1) is 13.5. The molecule has 0 spiro atoms. The summed E-state index contributed by atoms with van der Waals surface area (Å²) in [5.74, 6) is -0.423. The van der Waals surface area contributed by atoms with Gasteiger partial charge in [-0.15, -0.1) is 11.3 Å². The van der Waals surface area contributed by atoms with Crippen LogP contribution in [0.15, 0.2) is 18.3 Å². The molecule has 2 heterocycles. The molecular formula is C14H13ClN2O2S. The number of ether oxygens (including phenoxy) is 1. The van der Waals surface area contributed by atoms with Crippen LogP contribution in [0.4, 0.5) is 0 Å². The van der Waals surface area contributed by atoms with Crippen molar-refractivity contribution in [2.45, 2.75) is 25.7 Å². The predicted molar refractivity (Wildman–Crippen MR) is 78.1 cm³/mol. The van der Waals surface area contributed by atoms with Crippen molar-refractivity contribution in [1.82, 2.24) is 9.97 Å². The number of aromatic nitrogens is 2. The lowest BCUT2D eigenvalue weighted by molar-refractivity contribution is -0.145. The molecular weight excluding hydrogens is 296 g/mol. The van der Waals surface area contributed by atoms with Gasteiger partial charge in [0, 0.05) is 11.1 Å². The van der Waals surface area contributed by atoms with Crippen LogP contribution in [0, 0.1) is 0 Å². The second kappa shape index (κ2) is 5.50. The van der Waals surface area contributed by atoms with Crippen molar-refractivity contribution in [3.8, 4) is 10.7 Å². The Hall–Kier alpha value is -1.46. The number of hydrogen-bond acceptors (Lipinski definition) is 5. The van der Waals surface area contributed by atoms with Gasteiger partial charge in [0.05, 0.1) is 17.3 Å². The first-order chi connectivity index (χ1) is 9.70. The summed E-state index contributed by atoms with van der Waals surface area (Å²) in [6.45, 7) is 2.21. The van der Waals surface area contributed by atoms with Gasteiger partial charge in [-0.25, -0.2) is 4.98 Å². The number of fused-ring (bicyclic) bond motifs is 1. The van der Waals surface area contributed by atoms with Crippen LogP contribution in [-0.4, -0.2) is 22.5 Å². The van der Waals surface area contributed by atoms with Crippen molar-refractivity contribution < 1.29 is 9.53 Å². The molecule has 3 rings (SSSR count). The summed E-state index contributed by atoms with van der Waals surface area (Å²) < 4.78 is 5.11. The zero-order valence-corrected chi connectivity index (χ0v) is 12.5. The lowest BCUT2D eigenvalue weighted by Crippen LogP contribution is -2.14. The number of halogens is 1. The van der Waals surface area contributed by atoms with E-state index >= 15 is 0 Å². The molecule has 0 bridgehead atoms. The summed E-state index contributed by atoms with van der Waals surface area (Å²) >= 11 is 7.71. The fraction of sp³-hybridized carbons (Fsp3) is 0.357. The van der Waals surface area contributed by atoms with Gasteiger partial charge < -0.3 is 4.74 Å². The number of aryl methyl sites for hydroxylation is 1. The molecule has 0 N–H and O–H groups in total. The summed E-state index contributed by atoms with van der Waals surface area (Å²) in [6.07, 6.45) is 3.33. The van der Waals surface area contributed by atoms with Crippen LogP contribution in [0.3, 0.4) is 0 Å². The highest BCUT2D eigenvalue weighted by Gasteiger charge is 2.34. The number of pyridine rings is 1. The summed E-state index contributed by atoms with van der Waals surface area (Å²) in [6, 6.07) is 3.58. The van der Waals surface area contributed by atoms with Crippen molar-refractivity contribution >= 4 is 28.9 Å². The minimum Gasteiger partial charge on any atom is -0.465 e. The second-order valence-corrected chi connectivity index (χ2v) is 6.00. The van der Waals surface area contributed by atoms with Crippen LogP contribution in [0.2, 0.25) is 5.02 Å². The van der Waals surface area contributed by atoms with Crippen LogP contribution in [0.5, 0.6) is 0 Å². The van der Waals surface area contributed by atoms with E-state index in [0.717, 1.165) is 28.4 Å². The van der Waals surface area contributed by atoms with Crippen LogP contribution in [-0.2, 0) is 16.0 Å². The van der Waals surface area contributed by atoms with Crippen molar-refractivity contribution in [2.75, 3.05) is 6.61 Å². The van der Waals surface area contributed by atoms with Gasteiger partial charge in [-0.3, -0.25) is 9.78 Å². The molecule has 0 fully saturated rings. The summed E-state index contributed by atoms with van der Waals surface area (Å²) in [5, 5.41) is 1.35. The third kappa shape index (κ3) is 2.31. The largest absolute Gasteiger partial charge is 0.465 e. The maximum atomic E-state index is 11.9. The van der Waals surface area contributed by atoms with Crippen molar-refractivity contribution in [3.05, 3.63) is 33.9 Å². The Morgan fingerprint density at radius 2 is 2.45 bits per heavy atom. The van der Waals surface area contributed by atoms with Gasteiger partial charge in [-0.05, 0) is 31.9 Å². The number of nitrogens with zero attached hydrogens (tertiary/aromatic N) is 2. The Labute approximate surface area is 125 Å². The fourth-order valence-corrected chi connectivity index (χ4v) is 3.76. The van der Waals surface area contributed by atoms with E-state index in [9.17, 15) is 4.79 Å². The molecule has 1 aliphatic carbocycles. The van der Waals surface area contributed by atoms with E-state index in [1.54, 1.807) is 29.7 Å². The zero-order chi connectivity index (χ0) is 14.1. The Balaban J connectivity index is 1.94. The second-order valence-electron chi connectivity index (χ2n) is 4.50. The molecule has 1 atom stereocenters. The molecule has 0 aliphatic heterocycles. The van der Waals surface area contributed by atoms with E-state index in [1.165, 1.54) is 0 Å². The maximum absolute atomic E-state index is 11.9. The molecule has 104 valence electrons. The molecule has 2 aromatic heterocycles. The molecule has 1 unspecified atom stereocenters. The van der Waals surface area contributed by atoms with Crippen molar-refractivity contribution in [2.24, 2.45) is 0 Å². The molecule has 0 saturated heterocycles. The minimum absolute atomic E-state index is 0.185. The number of rotatable bonds is 3. The van der Waals surface area contributed by atoms with E-state index in [0.29, 0.717) is 17.3 Å². The van der Waals surface area contributed by atoms with E-state index in [1.807, 2.05) is 6.92 Å². The standard InChI is InChI=1S/C14H13ClN2O2S/c1-2-19-14(18)8-5-6-10-11(8)17-13(20-10)12-9(15)4-3-7-16-12/h3-4,7-8H,2,5-6H2,1H3. The highest BCUT2D eigenvalue weighted by atomic mass is 35.5. The van der Waals surface area contributed by atoms with Crippen molar-refractivity contribution in [3.63, 3.8) is 0 Å². The molecule has 0 amide bonds. The molecule has 0 saturated carbocycles. The van der Waals surface area contributed by atoms with Gasteiger partial charge in [0.15, 0.2) is 0 Å². The number of esters is 1. The van der Waals surface area contributed by atoms with Gasteiger partial charge >= 0.3 is 5.97 Å². The molecule has 6 heteroatoms. The Morgan fingerprint density at radius 1 is 1.60 bits per heavy atom. The smallest absolute Gasteiger partial charge is 0.315 e. The SMILES string of the molecule is CCOC(=O)C1CCc2sc(-c3ncccc3Cl)nc21. The third-order valence-corrected chi connectivity index (χ3v) is 4.69. The summed E-state index contributed by atoms with van der Waals surface area (Å²) in [5.41, 5.74) is 1.52. The molecule has 20 heavy (non-hydrogen) atoms. The zero-order valence-electron chi connectivity index (χ0n) is 10.9. The van der Waals surface area contributed by atoms with Gasteiger partial charge in [0.25, 0.3) is 0 Å². The molecule has 1 aliphatic rings. The van der Waals surface area contributed by atoms with Gasteiger partial charge in [-0.2, -0.15) is 0 Å². The topological polar surface area (TPSA) is 52.1 Å². The molecule has 4 nitrogen and oxygen atoms in total. The van der Waals surface area contributed by atoms with E-state index < -0.39 is 0 Å². The number of hydrogen-bond donors (Lipinski definition) is 0. The monoisotopic (exact) mass is 308 g/mol. The third-order valence-electron chi connectivity index (χ3n) is 3.25. The predicted octanol–water partition coefficient (Wildman–Crippen LogP) is 3.45. The molecule has 0 aromatic carbocycles. The first-order valence-electron chi connectivity index (χ1n) is 6.47.